The highest BCUT2D eigenvalue weighted by Gasteiger charge is 2.51. The quantitative estimate of drug-likeness (QED) is 0.395. The zero-order valence-corrected chi connectivity index (χ0v) is 7.19. The smallest absolute Gasteiger partial charge is 0.213 e. The van der Waals surface area contributed by atoms with Gasteiger partial charge < -0.3 is 0 Å². The van der Waals surface area contributed by atoms with Crippen molar-refractivity contribution in [2.45, 2.75) is 16.7 Å². The van der Waals surface area contributed by atoms with Crippen molar-refractivity contribution in [3.63, 3.8) is 0 Å². The molecule has 0 saturated heterocycles. The molecule has 8 heteroatoms. The van der Waals surface area contributed by atoms with Crippen LogP contribution >= 0.6 is 23.2 Å². The van der Waals surface area contributed by atoms with Crippen molar-refractivity contribution in [2.24, 2.45) is 0 Å². The van der Waals surface area contributed by atoms with Gasteiger partial charge in [0.15, 0.2) is 0 Å². The Labute approximate surface area is 79.1 Å². The van der Waals surface area contributed by atoms with Crippen LogP contribution in [-0.2, 0) is 0 Å². The predicted molar refractivity (Wildman–Crippen MR) is 35.7 cm³/mol. The lowest BCUT2D eigenvalue weighted by Crippen LogP contribution is -2.32. The monoisotopic (exact) mass is 246 g/mol. The summed E-state index contributed by atoms with van der Waals surface area (Å²) >= 11 is 8.48. The number of allylic oxidation sites excluding steroid dienone is 2. The lowest BCUT2D eigenvalue weighted by atomic mass is 10.3. The Bertz CT molecular complexity index is 200. The van der Waals surface area contributed by atoms with Crippen molar-refractivity contribution < 1.29 is 26.3 Å². The minimum absolute atomic E-state index is 0.554. The normalized spacial score (nSPS) is 19.1. The third kappa shape index (κ3) is 4.61. The Kier molecular flexibility index (Phi) is 3.54. The molecule has 0 saturated carbocycles. The Hall–Kier alpha value is -0.100. The first kappa shape index (κ1) is 12.9. The summed E-state index contributed by atoms with van der Waals surface area (Å²) in [5, 5.41) is -8.65. The number of hydrogen-bond donors (Lipinski definition) is 0. The van der Waals surface area contributed by atoms with Gasteiger partial charge >= 0.3 is 11.6 Å². The van der Waals surface area contributed by atoms with E-state index in [9.17, 15) is 26.3 Å². The van der Waals surface area contributed by atoms with Crippen molar-refractivity contribution >= 4 is 23.2 Å². The van der Waals surface area contributed by atoms with Gasteiger partial charge in [-0.3, -0.25) is 0 Å². The highest BCUT2D eigenvalue weighted by atomic mass is 35.5. The number of rotatable bonds is 2. The lowest BCUT2D eigenvalue weighted by Gasteiger charge is -2.18. The molecule has 0 N–H and O–H groups in total. The van der Waals surface area contributed by atoms with E-state index in [1.54, 1.807) is 0 Å². The van der Waals surface area contributed by atoms with Crippen molar-refractivity contribution in [1.29, 1.82) is 0 Å². The van der Waals surface area contributed by atoms with Crippen molar-refractivity contribution in [3.05, 3.63) is 12.2 Å². The molecule has 13 heavy (non-hydrogen) atoms. The molecule has 0 aliphatic rings. The zero-order valence-electron chi connectivity index (χ0n) is 5.68. The van der Waals surface area contributed by atoms with E-state index in [4.69, 9.17) is 0 Å². The molecule has 0 amide bonds. The van der Waals surface area contributed by atoms with Crippen LogP contribution in [0.4, 0.5) is 26.3 Å². The van der Waals surface area contributed by atoms with Gasteiger partial charge in [0.25, 0.3) is 5.13 Å². The molecule has 0 heterocycles. The van der Waals surface area contributed by atoms with Crippen LogP contribution in [0.15, 0.2) is 12.2 Å². The van der Waals surface area contributed by atoms with Crippen LogP contribution in [0.3, 0.4) is 0 Å². The molecule has 1 unspecified atom stereocenters. The van der Waals surface area contributed by atoms with Crippen LogP contribution in [0, 0.1) is 0 Å². The van der Waals surface area contributed by atoms with Crippen molar-refractivity contribution in [3.8, 4) is 0 Å². The largest absolute Gasteiger partial charge is 0.409 e. The fourth-order valence-electron chi connectivity index (χ4n) is 0.294. The van der Waals surface area contributed by atoms with Crippen LogP contribution in [0.1, 0.15) is 0 Å². The fourth-order valence-corrected chi connectivity index (χ4v) is 0.420. The molecule has 78 valence electrons. The van der Waals surface area contributed by atoms with Gasteiger partial charge in [-0.2, -0.15) is 22.0 Å². The van der Waals surface area contributed by atoms with Gasteiger partial charge in [-0.05, 0) is 17.7 Å². The molecular weight excluding hydrogens is 245 g/mol. The van der Waals surface area contributed by atoms with Crippen LogP contribution in [0.2, 0.25) is 0 Å². The summed E-state index contributed by atoms with van der Waals surface area (Å²) < 4.78 is 70.4. The molecule has 0 aliphatic carbocycles. The van der Waals surface area contributed by atoms with E-state index < -0.39 is 28.8 Å². The molecule has 0 bridgehead atoms. The maximum atomic E-state index is 12.4. The van der Waals surface area contributed by atoms with Gasteiger partial charge in [0.2, 0.25) is 0 Å². The Morgan fingerprint density at radius 3 is 1.38 bits per heavy atom. The summed E-state index contributed by atoms with van der Waals surface area (Å²) in [6.45, 7) is 0. The van der Waals surface area contributed by atoms with Crippen LogP contribution in [0.5, 0.6) is 0 Å². The molecule has 1 atom stereocenters. The average Bonchev–Trinajstić information content (AvgIpc) is 1.79. The molecular formula is C5H2Cl2F6. The fraction of sp³-hybridized carbons (Fsp3) is 0.600. The predicted octanol–water partition coefficient (Wildman–Crippen LogP) is 3.84. The molecule has 0 rings (SSSR count). The lowest BCUT2D eigenvalue weighted by molar-refractivity contribution is -0.0815. The van der Waals surface area contributed by atoms with E-state index in [2.05, 4.69) is 23.2 Å². The van der Waals surface area contributed by atoms with Gasteiger partial charge in [-0.25, -0.2) is 4.39 Å². The summed E-state index contributed by atoms with van der Waals surface area (Å²) in [6.07, 6.45) is -6.23. The summed E-state index contributed by atoms with van der Waals surface area (Å²) in [5.41, 5.74) is 0. The Morgan fingerprint density at radius 2 is 1.15 bits per heavy atom. The molecule has 0 aromatic heterocycles. The first-order chi connectivity index (χ1) is 5.46. The standard InChI is InChI=1S/C5H2Cl2F6/c6-3(8,5(7,12)13)1-2-4(9,10)11/h1-2H. The highest BCUT2D eigenvalue weighted by Crippen LogP contribution is 2.41. The maximum Gasteiger partial charge on any atom is 0.409 e. The molecule has 0 fully saturated rings. The van der Waals surface area contributed by atoms with E-state index in [1.807, 2.05) is 0 Å². The van der Waals surface area contributed by atoms with Crippen LogP contribution < -0.4 is 0 Å². The second kappa shape index (κ2) is 3.57. The van der Waals surface area contributed by atoms with Gasteiger partial charge in [0.05, 0.1) is 0 Å². The minimum atomic E-state index is -4.92. The van der Waals surface area contributed by atoms with Gasteiger partial charge in [-0.15, -0.1) is 0 Å². The van der Waals surface area contributed by atoms with E-state index in [0.29, 0.717) is 0 Å². The van der Waals surface area contributed by atoms with Gasteiger partial charge in [0.1, 0.15) is 0 Å². The molecule has 0 aromatic rings. The number of hydrogen-bond acceptors (Lipinski definition) is 0. The molecule has 0 aliphatic heterocycles. The van der Waals surface area contributed by atoms with Crippen LogP contribution in [0.25, 0.3) is 0 Å². The van der Waals surface area contributed by atoms with Crippen molar-refractivity contribution in [2.75, 3.05) is 0 Å². The van der Waals surface area contributed by atoms with Gasteiger partial charge in [-0.1, -0.05) is 11.6 Å². The highest BCUT2D eigenvalue weighted by molar-refractivity contribution is 6.33. The maximum absolute atomic E-state index is 12.4. The topological polar surface area (TPSA) is 0 Å². The first-order valence-corrected chi connectivity index (χ1v) is 3.43. The molecule has 0 spiro atoms. The molecule has 0 nitrogen and oxygen atoms in total. The Balaban J connectivity index is 4.62. The molecule has 0 aromatic carbocycles. The second-order valence-electron chi connectivity index (χ2n) is 2.00. The summed E-state index contributed by atoms with van der Waals surface area (Å²) in [5.74, 6) is 0. The van der Waals surface area contributed by atoms with Crippen LogP contribution in [-0.4, -0.2) is 16.7 Å². The summed E-state index contributed by atoms with van der Waals surface area (Å²) in [7, 11) is 0. The van der Waals surface area contributed by atoms with Gasteiger partial charge in [0, 0.05) is 6.08 Å². The number of halogens is 8. The molecule has 0 radical (unpaired) electrons. The van der Waals surface area contributed by atoms with Crippen molar-refractivity contribution in [1.82, 2.24) is 0 Å². The third-order valence-electron chi connectivity index (χ3n) is 0.860. The number of alkyl halides is 8. The first-order valence-electron chi connectivity index (χ1n) is 2.67. The van der Waals surface area contributed by atoms with E-state index in [0.717, 1.165) is 0 Å². The second-order valence-corrected chi connectivity index (χ2v) is 3.02. The Morgan fingerprint density at radius 1 is 0.769 bits per heavy atom. The van der Waals surface area contributed by atoms with E-state index in [1.165, 1.54) is 0 Å². The van der Waals surface area contributed by atoms with E-state index in [-0.39, 0.29) is 0 Å². The SMILES string of the molecule is FC(F)(F)C=CC(F)(Cl)C(F)(F)Cl. The third-order valence-corrected chi connectivity index (χ3v) is 1.59. The van der Waals surface area contributed by atoms with E-state index >= 15 is 0 Å². The average molecular weight is 247 g/mol. The minimum Gasteiger partial charge on any atom is -0.213 e. The summed E-state index contributed by atoms with van der Waals surface area (Å²) in [6, 6.07) is 0. The summed E-state index contributed by atoms with van der Waals surface area (Å²) in [4.78, 5) is 0. The zero-order chi connectivity index (χ0) is 10.9.